The first-order chi connectivity index (χ1) is 10.6. The third kappa shape index (κ3) is 3.17. The van der Waals surface area contributed by atoms with Crippen molar-refractivity contribution in [3.63, 3.8) is 0 Å². The molecule has 0 unspecified atom stereocenters. The highest BCUT2D eigenvalue weighted by atomic mass is 79.9. The van der Waals surface area contributed by atoms with E-state index in [-0.39, 0.29) is 5.91 Å². The zero-order chi connectivity index (χ0) is 15.5. The molecule has 2 aromatic heterocycles. The second-order valence-corrected chi connectivity index (χ2v) is 5.94. The van der Waals surface area contributed by atoms with Crippen LogP contribution in [0.1, 0.15) is 21.7 Å². The molecule has 2 heterocycles. The summed E-state index contributed by atoms with van der Waals surface area (Å²) in [6.07, 6.45) is 2.61. The highest BCUT2D eigenvalue weighted by molar-refractivity contribution is 9.10. The van der Waals surface area contributed by atoms with E-state index in [2.05, 4.69) is 31.4 Å². The van der Waals surface area contributed by atoms with Gasteiger partial charge in [-0.2, -0.15) is 0 Å². The Kier molecular flexibility index (Phi) is 4.20. The number of carbonyl (C=O) groups is 1. The van der Waals surface area contributed by atoms with Crippen LogP contribution in [-0.4, -0.2) is 27.0 Å². The summed E-state index contributed by atoms with van der Waals surface area (Å²) in [5.41, 5.74) is 2.46. The number of nitrogens with one attached hydrogen (secondary N) is 1. The van der Waals surface area contributed by atoms with Crippen molar-refractivity contribution in [1.29, 1.82) is 0 Å². The van der Waals surface area contributed by atoms with Gasteiger partial charge in [-0.3, -0.25) is 9.20 Å². The van der Waals surface area contributed by atoms with E-state index in [9.17, 15) is 4.79 Å². The van der Waals surface area contributed by atoms with Crippen molar-refractivity contribution in [2.45, 2.75) is 13.3 Å². The molecule has 0 aliphatic carbocycles. The van der Waals surface area contributed by atoms with E-state index in [0.717, 1.165) is 16.7 Å². The smallest absolute Gasteiger partial charge is 0.251 e. The van der Waals surface area contributed by atoms with Gasteiger partial charge in [0.25, 0.3) is 5.91 Å². The number of hydrogen-bond acceptors (Lipinski definition) is 3. The zero-order valence-electron chi connectivity index (χ0n) is 12.1. The topological polar surface area (TPSA) is 59.3 Å². The Morgan fingerprint density at radius 1 is 1.23 bits per heavy atom. The standard InChI is InChI=1S/C16H15BrN4O/c1-11-19-20-15-10-13(7-9-21(11)15)16(22)18-8-6-12-2-4-14(17)5-3-12/h2-5,7,9-10H,6,8H2,1H3,(H,18,22). The number of amides is 1. The molecule has 5 nitrogen and oxygen atoms in total. The van der Waals surface area contributed by atoms with Crippen LogP contribution in [0.15, 0.2) is 47.1 Å². The van der Waals surface area contributed by atoms with Crippen molar-refractivity contribution in [1.82, 2.24) is 19.9 Å². The fraction of sp³-hybridized carbons (Fsp3) is 0.188. The van der Waals surface area contributed by atoms with Crippen molar-refractivity contribution in [3.05, 3.63) is 64.0 Å². The lowest BCUT2D eigenvalue weighted by molar-refractivity contribution is 0.0954. The molecule has 1 N–H and O–H groups in total. The Balaban J connectivity index is 1.62. The summed E-state index contributed by atoms with van der Waals surface area (Å²) in [6, 6.07) is 11.6. The average Bonchev–Trinajstić information content (AvgIpc) is 2.90. The lowest BCUT2D eigenvalue weighted by atomic mass is 10.1. The first-order valence-electron chi connectivity index (χ1n) is 6.97. The van der Waals surface area contributed by atoms with Crippen LogP contribution in [0.4, 0.5) is 0 Å². The van der Waals surface area contributed by atoms with Gasteiger partial charge in [0, 0.05) is 22.8 Å². The van der Waals surface area contributed by atoms with Gasteiger partial charge in [-0.25, -0.2) is 0 Å². The van der Waals surface area contributed by atoms with Gasteiger partial charge >= 0.3 is 0 Å². The van der Waals surface area contributed by atoms with Gasteiger partial charge in [-0.15, -0.1) is 10.2 Å². The highest BCUT2D eigenvalue weighted by Gasteiger charge is 2.08. The van der Waals surface area contributed by atoms with Gasteiger partial charge in [0.2, 0.25) is 0 Å². The number of hydrogen-bond donors (Lipinski definition) is 1. The third-order valence-electron chi connectivity index (χ3n) is 3.46. The fourth-order valence-electron chi connectivity index (χ4n) is 2.23. The molecule has 0 radical (unpaired) electrons. The second kappa shape index (κ2) is 6.27. The maximum Gasteiger partial charge on any atom is 0.251 e. The molecule has 0 saturated carbocycles. The van der Waals surface area contributed by atoms with Crippen molar-refractivity contribution < 1.29 is 4.79 Å². The number of nitrogens with zero attached hydrogens (tertiary/aromatic N) is 3. The maximum atomic E-state index is 12.2. The molecule has 1 amide bonds. The molecule has 3 rings (SSSR count). The summed E-state index contributed by atoms with van der Waals surface area (Å²) in [5.74, 6) is 0.706. The molecular weight excluding hydrogens is 344 g/mol. The number of carbonyl (C=O) groups excluding carboxylic acids is 1. The van der Waals surface area contributed by atoms with Gasteiger partial charge in [0.15, 0.2) is 5.65 Å². The fourth-order valence-corrected chi connectivity index (χ4v) is 2.49. The molecule has 0 fully saturated rings. The lowest BCUT2D eigenvalue weighted by Gasteiger charge is -2.06. The second-order valence-electron chi connectivity index (χ2n) is 5.02. The van der Waals surface area contributed by atoms with E-state index in [1.165, 1.54) is 5.56 Å². The van der Waals surface area contributed by atoms with Crippen molar-refractivity contribution in [3.8, 4) is 0 Å². The molecule has 0 atom stereocenters. The molecule has 0 bridgehead atoms. The number of halogens is 1. The van der Waals surface area contributed by atoms with E-state index in [1.807, 2.05) is 41.8 Å². The monoisotopic (exact) mass is 358 g/mol. The third-order valence-corrected chi connectivity index (χ3v) is 3.98. The zero-order valence-corrected chi connectivity index (χ0v) is 13.7. The minimum absolute atomic E-state index is 0.0970. The molecule has 0 spiro atoms. The molecule has 6 heteroatoms. The van der Waals surface area contributed by atoms with Crippen LogP contribution >= 0.6 is 15.9 Å². The average molecular weight is 359 g/mol. The number of aryl methyl sites for hydroxylation is 1. The minimum Gasteiger partial charge on any atom is -0.352 e. The van der Waals surface area contributed by atoms with E-state index < -0.39 is 0 Å². The van der Waals surface area contributed by atoms with E-state index in [0.29, 0.717) is 17.8 Å². The predicted octanol–water partition coefficient (Wildman–Crippen LogP) is 2.77. The van der Waals surface area contributed by atoms with Crippen LogP contribution in [0.3, 0.4) is 0 Å². The van der Waals surface area contributed by atoms with Gasteiger partial charge in [-0.1, -0.05) is 28.1 Å². The van der Waals surface area contributed by atoms with Crippen LogP contribution in [0.2, 0.25) is 0 Å². The van der Waals surface area contributed by atoms with E-state index in [4.69, 9.17) is 0 Å². The summed E-state index contributed by atoms with van der Waals surface area (Å²) in [6.45, 7) is 2.47. The Hall–Kier alpha value is -2.21. The van der Waals surface area contributed by atoms with Gasteiger partial charge < -0.3 is 5.32 Å². The largest absolute Gasteiger partial charge is 0.352 e. The predicted molar refractivity (Wildman–Crippen MR) is 87.9 cm³/mol. The summed E-state index contributed by atoms with van der Waals surface area (Å²) < 4.78 is 2.90. The number of aromatic nitrogens is 3. The molecule has 0 aliphatic heterocycles. The van der Waals surface area contributed by atoms with Crippen molar-refractivity contribution >= 4 is 27.5 Å². The summed E-state index contributed by atoms with van der Waals surface area (Å²) >= 11 is 3.41. The van der Waals surface area contributed by atoms with Crippen LogP contribution in [0.25, 0.3) is 5.65 Å². The highest BCUT2D eigenvalue weighted by Crippen LogP contribution is 2.11. The Bertz CT molecular complexity index is 811. The molecule has 22 heavy (non-hydrogen) atoms. The molecular formula is C16H15BrN4O. The summed E-state index contributed by atoms with van der Waals surface area (Å²) in [7, 11) is 0. The number of pyridine rings is 1. The van der Waals surface area contributed by atoms with Crippen LogP contribution in [0, 0.1) is 6.92 Å². The quantitative estimate of drug-likeness (QED) is 0.779. The molecule has 0 saturated heterocycles. The summed E-state index contributed by atoms with van der Waals surface area (Å²) in [5, 5.41) is 10.9. The first-order valence-corrected chi connectivity index (χ1v) is 7.77. The van der Waals surface area contributed by atoms with Crippen molar-refractivity contribution in [2.24, 2.45) is 0 Å². The van der Waals surface area contributed by atoms with Crippen LogP contribution < -0.4 is 5.32 Å². The van der Waals surface area contributed by atoms with Crippen molar-refractivity contribution in [2.75, 3.05) is 6.54 Å². The Morgan fingerprint density at radius 3 is 2.77 bits per heavy atom. The Labute approximate surface area is 136 Å². The number of rotatable bonds is 4. The molecule has 0 aliphatic rings. The van der Waals surface area contributed by atoms with Gasteiger partial charge in [0.1, 0.15) is 5.82 Å². The summed E-state index contributed by atoms with van der Waals surface area (Å²) in [4.78, 5) is 12.2. The molecule has 112 valence electrons. The first kappa shape index (κ1) is 14.7. The maximum absolute atomic E-state index is 12.2. The van der Waals surface area contributed by atoms with E-state index >= 15 is 0 Å². The number of benzene rings is 1. The molecule has 1 aromatic carbocycles. The van der Waals surface area contributed by atoms with E-state index in [1.54, 1.807) is 12.1 Å². The SMILES string of the molecule is Cc1nnc2cc(C(=O)NCCc3ccc(Br)cc3)ccn12. The lowest BCUT2D eigenvalue weighted by Crippen LogP contribution is -2.25. The number of fused-ring (bicyclic) bond motifs is 1. The van der Waals surface area contributed by atoms with Gasteiger partial charge in [0.05, 0.1) is 0 Å². The van der Waals surface area contributed by atoms with Gasteiger partial charge in [-0.05, 0) is 43.2 Å². The molecule has 3 aromatic rings. The van der Waals surface area contributed by atoms with Crippen LogP contribution in [-0.2, 0) is 6.42 Å². The van der Waals surface area contributed by atoms with Crippen LogP contribution in [0.5, 0.6) is 0 Å². The Morgan fingerprint density at radius 2 is 2.00 bits per heavy atom. The minimum atomic E-state index is -0.0970. The normalized spacial score (nSPS) is 10.8.